The van der Waals surface area contributed by atoms with Crippen LogP contribution in [0.15, 0.2) is 12.4 Å². The van der Waals surface area contributed by atoms with Gasteiger partial charge in [0.25, 0.3) is 0 Å². The number of alkyl halides is 3. The van der Waals surface area contributed by atoms with E-state index >= 15 is 0 Å². The highest BCUT2D eigenvalue weighted by Crippen LogP contribution is 2.25. The van der Waals surface area contributed by atoms with Gasteiger partial charge < -0.3 is 10.5 Å². The van der Waals surface area contributed by atoms with Crippen molar-refractivity contribution in [1.29, 1.82) is 0 Å². The molecule has 2 rings (SSSR count). The van der Waals surface area contributed by atoms with E-state index in [4.69, 9.17) is 5.73 Å². The van der Waals surface area contributed by atoms with E-state index in [9.17, 15) is 13.2 Å². The highest BCUT2D eigenvalue weighted by molar-refractivity contribution is 5.85. The summed E-state index contributed by atoms with van der Waals surface area (Å²) in [5, 5.41) is 4.02. The predicted octanol–water partition coefficient (Wildman–Crippen LogP) is 2.76. The third-order valence-corrected chi connectivity index (χ3v) is 3.35. The zero-order valence-electron chi connectivity index (χ0n) is 11.0. The molecule has 1 saturated carbocycles. The summed E-state index contributed by atoms with van der Waals surface area (Å²) in [6.07, 6.45) is 2.61. The van der Waals surface area contributed by atoms with Gasteiger partial charge in [-0.15, -0.1) is 12.4 Å². The zero-order chi connectivity index (χ0) is 13.9. The van der Waals surface area contributed by atoms with Crippen molar-refractivity contribution in [1.82, 2.24) is 9.78 Å². The Morgan fingerprint density at radius 3 is 2.55 bits per heavy atom. The van der Waals surface area contributed by atoms with Gasteiger partial charge in [-0.1, -0.05) is 0 Å². The van der Waals surface area contributed by atoms with Crippen molar-refractivity contribution in [3.8, 4) is 5.75 Å². The number of rotatable bonds is 4. The molecule has 0 saturated heterocycles. The van der Waals surface area contributed by atoms with E-state index < -0.39 is 12.8 Å². The molecule has 20 heavy (non-hydrogen) atoms. The van der Waals surface area contributed by atoms with Gasteiger partial charge in [0, 0.05) is 12.6 Å². The van der Waals surface area contributed by atoms with Gasteiger partial charge in [-0.05, 0) is 31.6 Å². The normalized spacial score (nSPS) is 23.2. The molecule has 0 aliphatic heterocycles. The molecule has 1 aliphatic carbocycles. The SMILES string of the molecule is Cl.NC1CCC(Cn2cc(OCC(F)(F)F)cn2)CC1. The summed E-state index contributed by atoms with van der Waals surface area (Å²) in [5.41, 5.74) is 5.83. The number of hydrogen-bond donors (Lipinski definition) is 1. The van der Waals surface area contributed by atoms with Crippen LogP contribution in [0.4, 0.5) is 13.2 Å². The van der Waals surface area contributed by atoms with Crippen molar-refractivity contribution in [3.63, 3.8) is 0 Å². The average Bonchev–Trinajstić information content (AvgIpc) is 2.77. The lowest BCUT2D eigenvalue weighted by molar-refractivity contribution is -0.153. The standard InChI is InChI=1S/C12H18F3N3O.ClH/c13-12(14,15)8-19-11-5-17-18(7-11)6-9-1-3-10(16)4-2-9;/h5,7,9-10H,1-4,6,8,16H2;1H. The van der Waals surface area contributed by atoms with Gasteiger partial charge in [-0.3, -0.25) is 4.68 Å². The highest BCUT2D eigenvalue weighted by atomic mass is 35.5. The Morgan fingerprint density at radius 2 is 1.95 bits per heavy atom. The van der Waals surface area contributed by atoms with E-state index in [-0.39, 0.29) is 18.2 Å². The molecule has 0 unspecified atom stereocenters. The van der Waals surface area contributed by atoms with Crippen molar-refractivity contribution in [2.24, 2.45) is 11.7 Å². The van der Waals surface area contributed by atoms with Crippen LogP contribution in [-0.2, 0) is 6.54 Å². The number of halogens is 4. The molecule has 1 aromatic rings. The summed E-state index contributed by atoms with van der Waals surface area (Å²) in [4.78, 5) is 0. The summed E-state index contributed by atoms with van der Waals surface area (Å²) in [6, 6.07) is 0.291. The first-order valence-corrected chi connectivity index (χ1v) is 6.40. The first-order chi connectivity index (χ1) is 8.92. The predicted molar refractivity (Wildman–Crippen MR) is 71.0 cm³/mol. The van der Waals surface area contributed by atoms with Gasteiger partial charge in [-0.25, -0.2) is 0 Å². The third kappa shape index (κ3) is 5.58. The molecule has 0 spiro atoms. The lowest BCUT2D eigenvalue weighted by Gasteiger charge is -2.25. The molecule has 0 aromatic carbocycles. The Labute approximate surface area is 121 Å². The lowest BCUT2D eigenvalue weighted by atomic mass is 9.86. The van der Waals surface area contributed by atoms with Crippen LogP contribution in [0.1, 0.15) is 25.7 Å². The van der Waals surface area contributed by atoms with E-state index in [1.807, 2.05) is 0 Å². The van der Waals surface area contributed by atoms with Gasteiger partial charge in [0.15, 0.2) is 12.4 Å². The average molecular weight is 314 g/mol. The maximum Gasteiger partial charge on any atom is 0.422 e. The smallest absolute Gasteiger partial charge is 0.422 e. The van der Waals surface area contributed by atoms with E-state index in [0.29, 0.717) is 18.5 Å². The number of nitrogens with two attached hydrogens (primary N) is 1. The topological polar surface area (TPSA) is 53.1 Å². The van der Waals surface area contributed by atoms with Crippen molar-refractivity contribution in [3.05, 3.63) is 12.4 Å². The van der Waals surface area contributed by atoms with Gasteiger partial charge in [0.1, 0.15) is 0 Å². The van der Waals surface area contributed by atoms with Crippen molar-refractivity contribution < 1.29 is 17.9 Å². The van der Waals surface area contributed by atoms with Gasteiger partial charge in [0.05, 0.1) is 12.4 Å². The minimum absolute atomic E-state index is 0. The maximum absolute atomic E-state index is 12.0. The summed E-state index contributed by atoms with van der Waals surface area (Å²) in [5.74, 6) is 0.653. The molecule has 1 aliphatic rings. The summed E-state index contributed by atoms with van der Waals surface area (Å²) >= 11 is 0. The Kier molecular flexibility index (Phi) is 6.13. The number of hydrogen-bond acceptors (Lipinski definition) is 3. The first kappa shape index (κ1) is 17.1. The number of nitrogens with zero attached hydrogens (tertiary/aromatic N) is 2. The summed E-state index contributed by atoms with van der Waals surface area (Å²) in [6.45, 7) is -0.570. The second-order valence-corrected chi connectivity index (χ2v) is 5.08. The molecule has 1 aromatic heterocycles. The Hall–Kier alpha value is -0.950. The highest BCUT2D eigenvalue weighted by Gasteiger charge is 2.28. The summed E-state index contributed by atoms with van der Waals surface area (Å²) in [7, 11) is 0. The van der Waals surface area contributed by atoms with E-state index in [2.05, 4.69) is 9.84 Å². The number of ether oxygens (including phenoxy) is 1. The van der Waals surface area contributed by atoms with Crippen LogP contribution >= 0.6 is 12.4 Å². The first-order valence-electron chi connectivity index (χ1n) is 6.40. The fraction of sp³-hybridized carbons (Fsp3) is 0.750. The zero-order valence-corrected chi connectivity index (χ0v) is 11.8. The number of aromatic nitrogens is 2. The molecule has 8 heteroatoms. The Bertz CT molecular complexity index is 403. The van der Waals surface area contributed by atoms with Crippen molar-refractivity contribution in [2.45, 2.75) is 44.4 Å². The van der Waals surface area contributed by atoms with Crippen molar-refractivity contribution in [2.75, 3.05) is 6.61 Å². The lowest BCUT2D eigenvalue weighted by Crippen LogP contribution is -2.28. The van der Waals surface area contributed by atoms with E-state index in [0.717, 1.165) is 25.7 Å². The maximum atomic E-state index is 12.0. The van der Waals surface area contributed by atoms with Crippen LogP contribution in [0.3, 0.4) is 0 Å². The largest absolute Gasteiger partial charge is 0.481 e. The second-order valence-electron chi connectivity index (χ2n) is 5.08. The van der Waals surface area contributed by atoms with Crippen LogP contribution < -0.4 is 10.5 Å². The molecule has 0 amide bonds. The fourth-order valence-corrected chi connectivity index (χ4v) is 2.32. The molecule has 1 fully saturated rings. The summed E-state index contributed by atoms with van der Waals surface area (Å²) < 4.78 is 42.3. The molecule has 4 nitrogen and oxygen atoms in total. The fourth-order valence-electron chi connectivity index (χ4n) is 2.32. The van der Waals surface area contributed by atoms with Gasteiger partial charge in [0.2, 0.25) is 0 Å². The van der Waals surface area contributed by atoms with Gasteiger partial charge in [-0.2, -0.15) is 18.3 Å². The monoisotopic (exact) mass is 313 g/mol. The van der Waals surface area contributed by atoms with E-state index in [1.165, 1.54) is 12.4 Å². The van der Waals surface area contributed by atoms with Crippen LogP contribution in [0.2, 0.25) is 0 Å². The molecule has 0 bridgehead atoms. The van der Waals surface area contributed by atoms with Crippen LogP contribution in [-0.4, -0.2) is 28.6 Å². The van der Waals surface area contributed by atoms with Crippen LogP contribution in [0.25, 0.3) is 0 Å². The van der Waals surface area contributed by atoms with Crippen LogP contribution in [0, 0.1) is 5.92 Å². The Morgan fingerprint density at radius 1 is 1.30 bits per heavy atom. The molecule has 116 valence electrons. The molecule has 2 N–H and O–H groups in total. The molecular weight excluding hydrogens is 295 g/mol. The van der Waals surface area contributed by atoms with Gasteiger partial charge >= 0.3 is 6.18 Å². The second kappa shape index (κ2) is 7.17. The molecule has 0 radical (unpaired) electrons. The minimum atomic E-state index is -4.32. The van der Waals surface area contributed by atoms with E-state index in [1.54, 1.807) is 4.68 Å². The van der Waals surface area contributed by atoms with Crippen molar-refractivity contribution >= 4 is 12.4 Å². The molecule has 0 atom stereocenters. The molecular formula is C12H19ClF3N3O. The van der Waals surface area contributed by atoms with Crippen LogP contribution in [0.5, 0.6) is 5.75 Å². The molecule has 1 heterocycles. The quantitative estimate of drug-likeness (QED) is 0.930. The minimum Gasteiger partial charge on any atom is -0.481 e. The Balaban J connectivity index is 0.00000200. The third-order valence-electron chi connectivity index (χ3n) is 3.35.